The van der Waals surface area contributed by atoms with Crippen molar-refractivity contribution in [3.8, 4) is 0 Å². The van der Waals surface area contributed by atoms with Crippen LogP contribution in [0.1, 0.15) is 5.56 Å². The average Bonchev–Trinajstić information content (AvgIpc) is 2.49. The number of hydrogen-bond donors (Lipinski definition) is 2. The van der Waals surface area contributed by atoms with E-state index in [4.69, 9.17) is 5.73 Å². The first-order chi connectivity index (χ1) is 5.79. The Bertz CT molecular complexity index is 268. The molecule has 0 atom stereocenters. The van der Waals surface area contributed by atoms with Gasteiger partial charge < -0.3 is 5.73 Å². The number of primary amides is 1. The first-order valence-electron chi connectivity index (χ1n) is 3.37. The van der Waals surface area contributed by atoms with E-state index >= 15 is 0 Å². The van der Waals surface area contributed by atoms with Gasteiger partial charge in [0.1, 0.15) is 0 Å². The Morgan fingerprint density at radius 3 is 3.25 bits per heavy atom. The molecule has 0 fully saturated rings. The minimum absolute atomic E-state index is 0.642. The summed E-state index contributed by atoms with van der Waals surface area (Å²) in [4.78, 5) is 10.2. The summed E-state index contributed by atoms with van der Waals surface area (Å²) in [6.45, 7) is 0. The van der Waals surface area contributed by atoms with Gasteiger partial charge in [-0.3, -0.25) is 0 Å². The standard InChI is InChI=1S/C7H9N3OS/c8-7(11)10-9-3-1-6-2-4-12-5-6/h2-5H,1H2,(H3,8,10,11). The summed E-state index contributed by atoms with van der Waals surface area (Å²) in [6.07, 6.45) is 2.32. The van der Waals surface area contributed by atoms with Gasteiger partial charge in [0.25, 0.3) is 0 Å². The summed E-state index contributed by atoms with van der Waals surface area (Å²) < 4.78 is 0. The van der Waals surface area contributed by atoms with E-state index < -0.39 is 6.03 Å². The molecule has 2 amide bonds. The lowest BCUT2D eigenvalue weighted by molar-refractivity contribution is 0.249. The van der Waals surface area contributed by atoms with Gasteiger partial charge in [-0.05, 0) is 22.4 Å². The first kappa shape index (κ1) is 8.73. The number of carbonyl (C=O) groups excluding carboxylic acids is 1. The van der Waals surface area contributed by atoms with E-state index in [0.29, 0.717) is 6.42 Å². The number of nitrogens with zero attached hydrogens (tertiary/aromatic N) is 1. The predicted octanol–water partition coefficient (Wildman–Crippen LogP) is 0.945. The van der Waals surface area contributed by atoms with Crippen LogP contribution in [0.2, 0.25) is 0 Å². The van der Waals surface area contributed by atoms with Crippen LogP contribution in [0.5, 0.6) is 0 Å². The maximum atomic E-state index is 10.2. The first-order valence-corrected chi connectivity index (χ1v) is 4.31. The summed E-state index contributed by atoms with van der Waals surface area (Å²) in [5.74, 6) is 0. The molecule has 0 saturated heterocycles. The SMILES string of the molecule is NC(=O)NN=CCc1ccsc1. The second-order valence-corrected chi connectivity index (χ2v) is 2.90. The van der Waals surface area contributed by atoms with Gasteiger partial charge in [-0.25, -0.2) is 10.2 Å². The maximum Gasteiger partial charge on any atom is 0.332 e. The smallest absolute Gasteiger partial charge is 0.332 e. The Morgan fingerprint density at radius 1 is 1.83 bits per heavy atom. The third-order valence-corrected chi connectivity index (χ3v) is 1.91. The monoisotopic (exact) mass is 183 g/mol. The Labute approximate surface area is 74.1 Å². The molecule has 0 aliphatic heterocycles. The second kappa shape index (κ2) is 4.50. The van der Waals surface area contributed by atoms with E-state index in [1.807, 2.05) is 16.8 Å². The summed E-state index contributed by atoms with van der Waals surface area (Å²) in [5.41, 5.74) is 8.09. The van der Waals surface area contributed by atoms with E-state index in [2.05, 4.69) is 10.5 Å². The van der Waals surface area contributed by atoms with Crippen molar-refractivity contribution in [3.63, 3.8) is 0 Å². The molecule has 1 aromatic rings. The molecule has 0 aliphatic carbocycles. The molecule has 0 aromatic carbocycles. The van der Waals surface area contributed by atoms with Crippen molar-refractivity contribution in [2.45, 2.75) is 6.42 Å². The fourth-order valence-electron chi connectivity index (χ4n) is 0.669. The number of urea groups is 1. The minimum Gasteiger partial charge on any atom is -0.350 e. The molecule has 0 radical (unpaired) electrons. The van der Waals surface area contributed by atoms with E-state index in [9.17, 15) is 4.79 Å². The van der Waals surface area contributed by atoms with Gasteiger partial charge >= 0.3 is 6.03 Å². The second-order valence-electron chi connectivity index (χ2n) is 2.12. The van der Waals surface area contributed by atoms with Crippen LogP contribution in [-0.4, -0.2) is 12.2 Å². The van der Waals surface area contributed by atoms with Crippen LogP contribution < -0.4 is 11.2 Å². The molecular formula is C7H9N3OS. The van der Waals surface area contributed by atoms with Crippen molar-refractivity contribution in [1.82, 2.24) is 5.43 Å². The number of nitrogens with two attached hydrogens (primary N) is 1. The lowest BCUT2D eigenvalue weighted by atomic mass is 10.3. The molecule has 0 aliphatic rings. The molecule has 0 unspecified atom stereocenters. The van der Waals surface area contributed by atoms with Crippen LogP contribution in [-0.2, 0) is 6.42 Å². The van der Waals surface area contributed by atoms with Crippen molar-refractivity contribution in [1.29, 1.82) is 0 Å². The van der Waals surface area contributed by atoms with E-state index in [1.54, 1.807) is 17.6 Å². The van der Waals surface area contributed by atoms with Gasteiger partial charge in [0.15, 0.2) is 0 Å². The van der Waals surface area contributed by atoms with Gasteiger partial charge in [0, 0.05) is 12.6 Å². The number of thiophene rings is 1. The maximum absolute atomic E-state index is 10.2. The van der Waals surface area contributed by atoms with Crippen LogP contribution >= 0.6 is 11.3 Å². The lowest BCUT2D eigenvalue weighted by Crippen LogP contribution is -2.24. The molecule has 4 nitrogen and oxygen atoms in total. The third-order valence-electron chi connectivity index (χ3n) is 1.17. The normalized spacial score (nSPS) is 10.3. The van der Waals surface area contributed by atoms with Gasteiger partial charge in [-0.15, -0.1) is 0 Å². The highest BCUT2D eigenvalue weighted by Gasteiger charge is 1.88. The van der Waals surface area contributed by atoms with Crippen molar-refractivity contribution in [2.75, 3.05) is 0 Å². The topological polar surface area (TPSA) is 67.5 Å². The van der Waals surface area contributed by atoms with Crippen molar-refractivity contribution < 1.29 is 4.79 Å². The van der Waals surface area contributed by atoms with Crippen molar-refractivity contribution >= 4 is 23.6 Å². The molecule has 3 N–H and O–H groups in total. The molecule has 5 heteroatoms. The Kier molecular flexibility index (Phi) is 3.28. The fraction of sp³-hybridized carbons (Fsp3) is 0.143. The van der Waals surface area contributed by atoms with Crippen LogP contribution in [0.15, 0.2) is 21.9 Å². The average molecular weight is 183 g/mol. The number of hydrazone groups is 1. The largest absolute Gasteiger partial charge is 0.350 e. The minimum atomic E-state index is -0.642. The molecule has 1 heterocycles. The van der Waals surface area contributed by atoms with Crippen molar-refractivity contribution in [2.24, 2.45) is 10.8 Å². The molecule has 1 rings (SSSR count). The van der Waals surface area contributed by atoms with Crippen LogP contribution in [0.25, 0.3) is 0 Å². The zero-order chi connectivity index (χ0) is 8.81. The Hall–Kier alpha value is -1.36. The molecule has 64 valence electrons. The summed E-state index contributed by atoms with van der Waals surface area (Å²) in [7, 11) is 0. The summed E-state index contributed by atoms with van der Waals surface area (Å²) in [5, 5.41) is 7.62. The summed E-state index contributed by atoms with van der Waals surface area (Å²) in [6, 6.07) is 1.36. The molecule has 12 heavy (non-hydrogen) atoms. The van der Waals surface area contributed by atoms with E-state index in [-0.39, 0.29) is 0 Å². The van der Waals surface area contributed by atoms with Gasteiger partial charge in [0.05, 0.1) is 0 Å². The molecule has 0 bridgehead atoms. The fourth-order valence-corrected chi connectivity index (χ4v) is 1.35. The Morgan fingerprint density at radius 2 is 2.67 bits per heavy atom. The highest BCUT2D eigenvalue weighted by Crippen LogP contribution is 2.04. The molecule has 1 aromatic heterocycles. The number of nitrogens with one attached hydrogen (secondary N) is 1. The number of amides is 2. The van der Waals surface area contributed by atoms with Crippen LogP contribution in [0.3, 0.4) is 0 Å². The number of rotatable bonds is 3. The van der Waals surface area contributed by atoms with Crippen LogP contribution in [0, 0.1) is 0 Å². The lowest BCUT2D eigenvalue weighted by Gasteiger charge is -1.89. The van der Waals surface area contributed by atoms with Gasteiger partial charge in [-0.2, -0.15) is 16.4 Å². The zero-order valence-corrected chi connectivity index (χ0v) is 7.17. The van der Waals surface area contributed by atoms with Gasteiger partial charge in [-0.1, -0.05) is 0 Å². The van der Waals surface area contributed by atoms with Gasteiger partial charge in [0.2, 0.25) is 0 Å². The number of hydrogen-bond acceptors (Lipinski definition) is 3. The molecule has 0 saturated carbocycles. The van der Waals surface area contributed by atoms with Crippen LogP contribution in [0.4, 0.5) is 4.79 Å². The zero-order valence-electron chi connectivity index (χ0n) is 6.36. The number of carbonyl (C=O) groups is 1. The summed E-state index contributed by atoms with van der Waals surface area (Å²) >= 11 is 1.63. The highest BCUT2D eigenvalue weighted by atomic mass is 32.1. The van der Waals surface area contributed by atoms with E-state index in [0.717, 1.165) is 0 Å². The predicted molar refractivity (Wildman–Crippen MR) is 49.2 cm³/mol. The molecule has 0 spiro atoms. The Balaban J connectivity index is 2.26. The van der Waals surface area contributed by atoms with E-state index in [1.165, 1.54) is 5.56 Å². The molecular weight excluding hydrogens is 174 g/mol. The van der Waals surface area contributed by atoms with Crippen molar-refractivity contribution in [3.05, 3.63) is 22.4 Å². The highest BCUT2D eigenvalue weighted by molar-refractivity contribution is 7.07. The quantitative estimate of drug-likeness (QED) is 0.531. The third kappa shape index (κ3) is 3.16.